The zero-order chi connectivity index (χ0) is 21.1. The number of aliphatic hydroxyl groups excluding tert-OH is 1. The third-order valence-electron chi connectivity index (χ3n) is 4.62. The molecule has 8 nitrogen and oxygen atoms in total. The van der Waals surface area contributed by atoms with E-state index < -0.39 is 0 Å². The topological polar surface area (TPSA) is 123 Å². The molecule has 9 heteroatoms. The number of rotatable bonds is 8. The summed E-state index contributed by atoms with van der Waals surface area (Å²) < 4.78 is 0. The lowest BCUT2D eigenvalue weighted by atomic mass is 10.1. The molecule has 0 amide bonds. The van der Waals surface area contributed by atoms with Crippen LogP contribution in [0.15, 0.2) is 48.2 Å². The van der Waals surface area contributed by atoms with Crippen molar-refractivity contribution in [2.75, 3.05) is 17.2 Å². The van der Waals surface area contributed by atoms with Gasteiger partial charge in [0.15, 0.2) is 5.82 Å². The summed E-state index contributed by atoms with van der Waals surface area (Å²) in [6.45, 7) is 1.96. The zero-order valence-electron chi connectivity index (χ0n) is 16.4. The fourth-order valence-electron chi connectivity index (χ4n) is 2.95. The van der Waals surface area contributed by atoms with Gasteiger partial charge in [0.2, 0.25) is 5.95 Å². The minimum Gasteiger partial charge on any atom is -0.510 e. The Labute approximate surface area is 178 Å². The van der Waals surface area contributed by atoms with Gasteiger partial charge in [0.25, 0.3) is 0 Å². The standard InChI is InChI=1S/C21H22ClN7O/c1-12-8-19(26-20-10-18(28-29-20)14-2-3-14)27-21(25-12)24-11-16(30)9-17(23)13-4-6-15(22)7-5-13/h4-10,14,23,30H,2-3,11H2,1H3,(H3,24,25,26,27,28,29)/b16-9-,23-17?. The molecule has 0 radical (unpaired) electrons. The molecule has 4 rings (SSSR count). The summed E-state index contributed by atoms with van der Waals surface area (Å²) in [6.07, 6.45) is 3.79. The maximum atomic E-state index is 10.2. The van der Waals surface area contributed by atoms with Crippen LogP contribution in [0.5, 0.6) is 0 Å². The molecule has 0 aliphatic heterocycles. The van der Waals surface area contributed by atoms with Crippen molar-refractivity contribution < 1.29 is 5.11 Å². The van der Waals surface area contributed by atoms with Crippen LogP contribution in [0.25, 0.3) is 0 Å². The average Bonchev–Trinajstić information content (AvgIpc) is 3.46. The molecule has 1 aliphatic carbocycles. The van der Waals surface area contributed by atoms with Crippen molar-refractivity contribution in [2.24, 2.45) is 0 Å². The van der Waals surface area contributed by atoms with Gasteiger partial charge in [-0.2, -0.15) is 10.1 Å². The first kappa shape index (κ1) is 19.9. The molecule has 30 heavy (non-hydrogen) atoms. The summed E-state index contributed by atoms with van der Waals surface area (Å²) in [4.78, 5) is 8.76. The van der Waals surface area contributed by atoms with E-state index in [1.54, 1.807) is 24.3 Å². The minimum absolute atomic E-state index is 0.00376. The van der Waals surface area contributed by atoms with Crippen LogP contribution in [0.2, 0.25) is 5.02 Å². The van der Waals surface area contributed by atoms with Crippen molar-refractivity contribution in [3.63, 3.8) is 0 Å². The van der Waals surface area contributed by atoms with E-state index in [1.165, 1.54) is 18.9 Å². The van der Waals surface area contributed by atoms with E-state index in [0.717, 1.165) is 11.4 Å². The van der Waals surface area contributed by atoms with Crippen LogP contribution < -0.4 is 10.6 Å². The summed E-state index contributed by atoms with van der Waals surface area (Å²) in [5.74, 6) is 2.28. The lowest BCUT2D eigenvalue weighted by molar-refractivity contribution is 0.408. The number of allylic oxidation sites excluding steroid dienone is 1. The molecule has 0 atom stereocenters. The smallest absolute Gasteiger partial charge is 0.225 e. The Hall–Kier alpha value is -3.39. The largest absolute Gasteiger partial charge is 0.510 e. The molecular formula is C21H22ClN7O. The van der Waals surface area contributed by atoms with Gasteiger partial charge in [-0.25, -0.2) is 4.98 Å². The van der Waals surface area contributed by atoms with E-state index in [1.807, 2.05) is 19.1 Å². The van der Waals surface area contributed by atoms with Gasteiger partial charge in [-0.1, -0.05) is 23.7 Å². The van der Waals surface area contributed by atoms with Crippen molar-refractivity contribution in [3.8, 4) is 0 Å². The Balaban J connectivity index is 1.38. The summed E-state index contributed by atoms with van der Waals surface area (Å²) in [7, 11) is 0. The van der Waals surface area contributed by atoms with Gasteiger partial charge in [0.1, 0.15) is 11.6 Å². The number of hydrogen-bond acceptors (Lipinski definition) is 7. The number of nitrogens with zero attached hydrogens (tertiary/aromatic N) is 3. The van der Waals surface area contributed by atoms with E-state index in [0.29, 0.717) is 34.1 Å². The van der Waals surface area contributed by atoms with E-state index in [4.69, 9.17) is 17.0 Å². The Morgan fingerprint density at radius 2 is 2.00 bits per heavy atom. The van der Waals surface area contributed by atoms with Crippen LogP contribution >= 0.6 is 11.6 Å². The van der Waals surface area contributed by atoms with Crippen LogP contribution in [0.4, 0.5) is 17.6 Å². The first-order valence-corrected chi connectivity index (χ1v) is 10.00. The number of H-pyrrole nitrogens is 1. The van der Waals surface area contributed by atoms with E-state index in [2.05, 4.69) is 30.8 Å². The Bertz CT molecular complexity index is 1090. The highest BCUT2D eigenvalue weighted by Gasteiger charge is 2.25. The number of aryl methyl sites for hydroxylation is 1. The maximum absolute atomic E-state index is 10.2. The number of nitrogens with one attached hydrogen (secondary N) is 4. The molecule has 1 saturated carbocycles. The van der Waals surface area contributed by atoms with Crippen molar-refractivity contribution in [2.45, 2.75) is 25.7 Å². The molecule has 5 N–H and O–H groups in total. The number of benzene rings is 1. The number of hydrogen-bond donors (Lipinski definition) is 5. The lowest BCUT2D eigenvalue weighted by Crippen LogP contribution is -2.10. The normalized spacial score (nSPS) is 13.9. The van der Waals surface area contributed by atoms with Crippen LogP contribution in [-0.2, 0) is 0 Å². The van der Waals surface area contributed by atoms with Gasteiger partial charge in [-0.3, -0.25) is 5.10 Å². The fraction of sp³-hybridized carbons (Fsp3) is 0.238. The fourth-order valence-corrected chi connectivity index (χ4v) is 3.07. The molecule has 1 aliphatic rings. The highest BCUT2D eigenvalue weighted by molar-refractivity contribution is 6.30. The molecule has 0 unspecified atom stereocenters. The third-order valence-corrected chi connectivity index (χ3v) is 4.87. The summed E-state index contributed by atoms with van der Waals surface area (Å²) >= 11 is 5.86. The number of aliphatic hydroxyl groups is 1. The lowest BCUT2D eigenvalue weighted by Gasteiger charge is -2.09. The van der Waals surface area contributed by atoms with Crippen LogP contribution in [0.1, 0.15) is 35.7 Å². The summed E-state index contributed by atoms with van der Waals surface area (Å²) in [5.41, 5.74) is 2.75. The second-order valence-electron chi connectivity index (χ2n) is 7.24. The van der Waals surface area contributed by atoms with Crippen molar-refractivity contribution in [1.82, 2.24) is 20.2 Å². The van der Waals surface area contributed by atoms with Crippen LogP contribution in [-0.4, -0.2) is 37.5 Å². The zero-order valence-corrected chi connectivity index (χ0v) is 17.2. The number of aromatic nitrogens is 4. The highest BCUT2D eigenvalue weighted by Crippen LogP contribution is 2.39. The second-order valence-corrected chi connectivity index (χ2v) is 7.67. The van der Waals surface area contributed by atoms with Gasteiger partial charge >= 0.3 is 0 Å². The molecule has 1 fully saturated rings. The SMILES string of the molecule is Cc1cc(Nc2cc(C3CC3)[nH]n2)nc(NC/C(O)=C/C(=N)c2ccc(Cl)cc2)n1. The minimum atomic E-state index is -0.00376. The van der Waals surface area contributed by atoms with E-state index in [-0.39, 0.29) is 18.0 Å². The predicted octanol–water partition coefficient (Wildman–Crippen LogP) is 4.70. The van der Waals surface area contributed by atoms with Crippen LogP contribution in [0, 0.1) is 12.3 Å². The molecule has 0 saturated heterocycles. The monoisotopic (exact) mass is 423 g/mol. The van der Waals surface area contributed by atoms with Crippen molar-refractivity contribution in [3.05, 3.63) is 70.2 Å². The number of aromatic amines is 1. The number of anilines is 3. The summed E-state index contributed by atoms with van der Waals surface area (Å²) in [6, 6.07) is 10.7. The molecule has 2 aromatic heterocycles. The van der Waals surface area contributed by atoms with Gasteiger partial charge in [-0.15, -0.1) is 0 Å². The second kappa shape index (κ2) is 8.54. The van der Waals surface area contributed by atoms with Gasteiger partial charge in [0, 0.05) is 40.5 Å². The van der Waals surface area contributed by atoms with E-state index in [9.17, 15) is 5.11 Å². The molecule has 0 spiro atoms. The summed E-state index contributed by atoms with van der Waals surface area (Å²) in [5, 5.41) is 32.4. The molecule has 3 aromatic rings. The van der Waals surface area contributed by atoms with Crippen molar-refractivity contribution >= 4 is 34.9 Å². The van der Waals surface area contributed by atoms with Gasteiger partial charge < -0.3 is 21.1 Å². The van der Waals surface area contributed by atoms with E-state index >= 15 is 0 Å². The van der Waals surface area contributed by atoms with Crippen molar-refractivity contribution in [1.29, 1.82) is 5.41 Å². The Morgan fingerprint density at radius 1 is 1.23 bits per heavy atom. The maximum Gasteiger partial charge on any atom is 0.225 e. The Morgan fingerprint density at radius 3 is 2.73 bits per heavy atom. The molecule has 1 aromatic carbocycles. The average molecular weight is 424 g/mol. The quantitative estimate of drug-likeness (QED) is 0.264. The number of halogens is 1. The first-order valence-electron chi connectivity index (χ1n) is 9.62. The molecular weight excluding hydrogens is 402 g/mol. The molecule has 2 heterocycles. The first-order chi connectivity index (χ1) is 14.5. The van der Waals surface area contributed by atoms with Gasteiger partial charge in [0.05, 0.1) is 12.3 Å². The molecule has 154 valence electrons. The predicted molar refractivity (Wildman–Crippen MR) is 118 cm³/mol. The Kier molecular flexibility index (Phi) is 5.67. The van der Waals surface area contributed by atoms with Crippen LogP contribution in [0.3, 0.4) is 0 Å². The highest BCUT2D eigenvalue weighted by atomic mass is 35.5. The molecule has 0 bridgehead atoms. The third kappa shape index (κ3) is 5.15. The van der Waals surface area contributed by atoms with Gasteiger partial charge in [-0.05, 0) is 37.5 Å².